The van der Waals surface area contributed by atoms with Gasteiger partial charge < -0.3 is 9.80 Å². The maximum Gasteiger partial charge on any atom is 0.254 e. The van der Waals surface area contributed by atoms with E-state index in [1.165, 1.54) is 48.8 Å². The van der Waals surface area contributed by atoms with E-state index in [4.69, 9.17) is 0 Å². The highest BCUT2D eigenvalue weighted by Gasteiger charge is 2.24. The van der Waals surface area contributed by atoms with Gasteiger partial charge in [-0.1, -0.05) is 128 Å². The minimum Gasteiger partial charge on any atom is -0.369 e. The summed E-state index contributed by atoms with van der Waals surface area (Å²) < 4.78 is 0. The topological polar surface area (TPSA) is 26.8 Å². The Labute approximate surface area is 276 Å². The van der Waals surface area contributed by atoms with Crippen LogP contribution in [0.5, 0.6) is 0 Å². The molecule has 4 aromatic carbocycles. The second-order valence-corrected chi connectivity index (χ2v) is 13.1. The molecule has 0 spiro atoms. The first-order valence-electron chi connectivity index (χ1n) is 17.4. The fourth-order valence-corrected chi connectivity index (χ4v) is 7.26. The monoisotopic (exact) mass is 611 g/mol. The lowest BCUT2D eigenvalue weighted by molar-refractivity contribution is 0.0735. The summed E-state index contributed by atoms with van der Waals surface area (Å²) >= 11 is 0. The predicted octanol–water partition coefficient (Wildman–Crippen LogP) is 8.77. The first-order valence-corrected chi connectivity index (χ1v) is 17.4. The average molecular weight is 612 g/mol. The van der Waals surface area contributed by atoms with Crippen molar-refractivity contribution in [1.82, 2.24) is 9.80 Å². The molecule has 238 valence electrons. The number of carbonyl (C=O) groups is 1. The quantitative estimate of drug-likeness (QED) is 0.160. The Morgan fingerprint density at radius 2 is 1.37 bits per heavy atom. The molecule has 1 heterocycles. The molecule has 1 saturated carbocycles. The number of carbonyl (C=O) groups excluding carboxylic acids is 1. The molecular formula is C42H49N3O. The molecule has 1 amide bonds. The second-order valence-electron chi connectivity index (χ2n) is 13.1. The Morgan fingerprint density at radius 3 is 2.02 bits per heavy atom. The van der Waals surface area contributed by atoms with E-state index in [1.807, 2.05) is 12.1 Å². The van der Waals surface area contributed by atoms with Crippen molar-refractivity contribution in [3.05, 3.63) is 144 Å². The predicted molar refractivity (Wildman–Crippen MR) is 192 cm³/mol. The van der Waals surface area contributed by atoms with Gasteiger partial charge in [0.2, 0.25) is 0 Å². The summed E-state index contributed by atoms with van der Waals surface area (Å²) in [7, 11) is 0. The summed E-state index contributed by atoms with van der Waals surface area (Å²) in [6.45, 7) is 6.58. The maximum atomic E-state index is 14.0. The van der Waals surface area contributed by atoms with E-state index in [1.54, 1.807) is 0 Å². The van der Waals surface area contributed by atoms with Gasteiger partial charge >= 0.3 is 0 Å². The van der Waals surface area contributed by atoms with E-state index in [2.05, 4.69) is 130 Å². The van der Waals surface area contributed by atoms with Crippen molar-refractivity contribution in [2.75, 3.05) is 50.7 Å². The zero-order chi connectivity index (χ0) is 31.4. The number of amides is 1. The molecule has 1 aliphatic heterocycles. The van der Waals surface area contributed by atoms with Crippen LogP contribution < -0.4 is 4.90 Å². The minimum absolute atomic E-state index is 0.150. The number of hydrogen-bond acceptors (Lipinski definition) is 3. The number of anilines is 1. The molecular weight excluding hydrogens is 562 g/mol. The summed E-state index contributed by atoms with van der Waals surface area (Å²) in [5.74, 6) is 1.15. The molecule has 0 N–H and O–H groups in total. The lowest BCUT2D eigenvalue weighted by Crippen LogP contribution is -2.47. The van der Waals surface area contributed by atoms with Crippen molar-refractivity contribution in [1.29, 1.82) is 0 Å². The molecule has 46 heavy (non-hydrogen) atoms. The minimum atomic E-state index is 0.150. The van der Waals surface area contributed by atoms with E-state index < -0.39 is 0 Å². The van der Waals surface area contributed by atoms with Gasteiger partial charge in [-0.25, -0.2) is 0 Å². The maximum absolute atomic E-state index is 14.0. The lowest BCUT2D eigenvalue weighted by atomic mass is 9.88. The Balaban J connectivity index is 1.07. The van der Waals surface area contributed by atoms with Crippen molar-refractivity contribution in [3.8, 4) is 0 Å². The van der Waals surface area contributed by atoms with E-state index >= 15 is 0 Å². The highest BCUT2D eigenvalue weighted by molar-refractivity contribution is 5.95. The van der Waals surface area contributed by atoms with Crippen LogP contribution in [0.3, 0.4) is 0 Å². The molecule has 2 aliphatic rings. The fourth-order valence-electron chi connectivity index (χ4n) is 7.26. The molecule has 4 aromatic rings. The van der Waals surface area contributed by atoms with Crippen molar-refractivity contribution in [2.24, 2.45) is 5.92 Å². The molecule has 2 fully saturated rings. The molecule has 4 heteroatoms. The van der Waals surface area contributed by atoms with Crippen molar-refractivity contribution < 1.29 is 4.79 Å². The standard InChI is InChI=1S/C42H49N3O/c46-42(45(34-36-17-7-2-8-18-36)27-14-19-35-15-5-1-6-16-35)39-24-13-25-40(33-39)44-31-29-43(30-32-44)28-26-41(37-20-9-3-10-21-37)38-22-11-4-12-23-38/h1,3-6,9-16,19-25,33,36,41H,2,7-8,17-18,26-32,34H2. The van der Waals surface area contributed by atoms with Gasteiger partial charge in [-0.2, -0.15) is 0 Å². The van der Waals surface area contributed by atoms with Gasteiger partial charge in [0.15, 0.2) is 0 Å². The van der Waals surface area contributed by atoms with Crippen LogP contribution in [0.4, 0.5) is 5.69 Å². The van der Waals surface area contributed by atoms with Gasteiger partial charge in [-0.3, -0.25) is 9.69 Å². The molecule has 0 unspecified atom stereocenters. The van der Waals surface area contributed by atoms with E-state index in [0.717, 1.165) is 56.9 Å². The number of nitrogens with zero attached hydrogens (tertiary/aromatic N) is 3. The first kappa shape index (κ1) is 31.8. The van der Waals surface area contributed by atoms with Gasteiger partial charge in [-0.15, -0.1) is 0 Å². The SMILES string of the molecule is O=C(c1cccc(N2CCN(CCC(c3ccccc3)c3ccccc3)CC2)c1)N(CC=Cc1ccccc1)CC1CCCCC1. The highest BCUT2D eigenvalue weighted by Crippen LogP contribution is 2.29. The number of benzene rings is 4. The Bertz CT molecular complexity index is 1470. The lowest BCUT2D eigenvalue weighted by Gasteiger charge is -2.37. The zero-order valence-electron chi connectivity index (χ0n) is 27.2. The molecule has 6 rings (SSSR count). The van der Waals surface area contributed by atoms with Crippen LogP contribution in [0.25, 0.3) is 6.08 Å². The van der Waals surface area contributed by atoms with Crippen LogP contribution >= 0.6 is 0 Å². The zero-order valence-corrected chi connectivity index (χ0v) is 27.2. The first-order chi connectivity index (χ1) is 22.7. The molecule has 0 radical (unpaired) electrons. The molecule has 1 aliphatic carbocycles. The average Bonchev–Trinajstić information content (AvgIpc) is 3.13. The summed E-state index contributed by atoms with van der Waals surface area (Å²) in [6.07, 6.45) is 11.8. The molecule has 0 aromatic heterocycles. The van der Waals surface area contributed by atoms with Crippen LogP contribution in [0.2, 0.25) is 0 Å². The van der Waals surface area contributed by atoms with E-state index in [-0.39, 0.29) is 5.91 Å². The van der Waals surface area contributed by atoms with Crippen LogP contribution in [0.1, 0.15) is 71.5 Å². The van der Waals surface area contributed by atoms with Crippen molar-refractivity contribution in [2.45, 2.75) is 44.4 Å². The summed E-state index contributed by atoms with van der Waals surface area (Å²) in [5, 5.41) is 0. The van der Waals surface area contributed by atoms with Gasteiger partial charge in [0.1, 0.15) is 0 Å². The largest absolute Gasteiger partial charge is 0.369 e. The second kappa shape index (κ2) is 16.4. The van der Waals surface area contributed by atoms with E-state index in [9.17, 15) is 4.79 Å². The Morgan fingerprint density at radius 1 is 0.739 bits per heavy atom. The molecule has 1 saturated heterocycles. The third-order valence-corrected chi connectivity index (χ3v) is 9.89. The smallest absolute Gasteiger partial charge is 0.254 e. The number of rotatable bonds is 12. The van der Waals surface area contributed by atoms with Crippen LogP contribution in [-0.2, 0) is 0 Å². The summed E-state index contributed by atoms with van der Waals surface area (Å²) in [4.78, 5) is 21.1. The van der Waals surface area contributed by atoms with Crippen molar-refractivity contribution >= 4 is 17.7 Å². The van der Waals surface area contributed by atoms with Crippen LogP contribution in [0.15, 0.2) is 121 Å². The third-order valence-electron chi connectivity index (χ3n) is 9.89. The number of hydrogen-bond donors (Lipinski definition) is 0. The van der Waals surface area contributed by atoms with Crippen LogP contribution in [0, 0.1) is 5.92 Å². The number of piperazine rings is 1. The molecule has 4 nitrogen and oxygen atoms in total. The molecule has 0 bridgehead atoms. The van der Waals surface area contributed by atoms with Gasteiger partial charge in [0.25, 0.3) is 5.91 Å². The summed E-state index contributed by atoms with van der Waals surface area (Å²) in [5.41, 5.74) is 5.92. The highest BCUT2D eigenvalue weighted by atomic mass is 16.2. The Hall–Kier alpha value is -4.15. The molecule has 0 atom stereocenters. The van der Waals surface area contributed by atoms with Crippen LogP contribution in [-0.4, -0.2) is 61.5 Å². The summed E-state index contributed by atoms with van der Waals surface area (Å²) in [6, 6.07) is 40.6. The Kier molecular flexibility index (Phi) is 11.4. The van der Waals surface area contributed by atoms with Gasteiger partial charge in [-0.05, 0) is 66.6 Å². The van der Waals surface area contributed by atoms with E-state index in [0.29, 0.717) is 18.4 Å². The third kappa shape index (κ3) is 8.76. The van der Waals surface area contributed by atoms with Crippen molar-refractivity contribution in [3.63, 3.8) is 0 Å². The normalized spacial score (nSPS) is 16.2. The fraction of sp³-hybridized carbons (Fsp3) is 0.357. The van der Waals surface area contributed by atoms with Gasteiger partial charge in [0, 0.05) is 56.4 Å². The van der Waals surface area contributed by atoms with Gasteiger partial charge in [0.05, 0.1) is 0 Å².